The minimum Gasteiger partial charge on any atom is -0.398 e. The molecule has 2 nitrogen and oxygen atoms in total. The Morgan fingerprint density at radius 2 is 1.64 bits per heavy atom. The van der Waals surface area contributed by atoms with E-state index in [0.29, 0.717) is 19.5 Å². The lowest BCUT2D eigenvalue weighted by Gasteiger charge is -2.32. The zero-order chi connectivity index (χ0) is 16.0. The summed E-state index contributed by atoms with van der Waals surface area (Å²) in [7, 11) is 0. The van der Waals surface area contributed by atoms with Gasteiger partial charge >= 0.3 is 0 Å². The molecular formula is C17H17F3N2. The quantitative estimate of drug-likeness (QED) is 0.811. The van der Waals surface area contributed by atoms with Crippen LogP contribution in [0, 0.1) is 31.3 Å². The summed E-state index contributed by atoms with van der Waals surface area (Å²) in [6, 6.07) is 4.52. The molecule has 0 spiro atoms. The second-order valence-corrected chi connectivity index (χ2v) is 5.72. The standard InChI is InChI=1S/C17H17F3N2/c1-9-14(19)17(15(20)10(2)16(9)21)22-6-5-11-7-13(18)4-3-12(11)8-22/h3-4,7H,5-6,8,21H2,1-2H3. The Labute approximate surface area is 127 Å². The molecule has 0 amide bonds. The fourth-order valence-corrected chi connectivity index (χ4v) is 2.96. The van der Waals surface area contributed by atoms with E-state index >= 15 is 0 Å². The highest BCUT2D eigenvalue weighted by molar-refractivity contribution is 5.65. The number of nitrogen functional groups attached to an aromatic ring is 1. The SMILES string of the molecule is Cc1c(N)c(C)c(F)c(N2CCc3cc(F)ccc3C2)c1F. The van der Waals surface area contributed by atoms with Crippen molar-refractivity contribution < 1.29 is 13.2 Å². The second-order valence-electron chi connectivity index (χ2n) is 5.72. The Bertz CT molecular complexity index is 727. The summed E-state index contributed by atoms with van der Waals surface area (Å²) in [4.78, 5) is 1.66. The number of nitrogens with two attached hydrogens (primary N) is 1. The van der Waals surface area contributed by atoms with E-state index in [1.807, 2.05) is 0 Å². The molecule has 1 aliphatic heterocycles. The number of hydrogen-bond acceptors (Lipinski definition) is 2. The molecule has 0 radical (unpaired) electrons. The molecule has 1 aliphatic rings. The number of anilines is 2. The van der Waals surface area contributed by atoms with Gasteiger partial charge in [0.15, 0.2) is 11.6 Å². The van der Waals surface area contributed by atoms with Gasteiger partial charge in [-0.25, -0.2) is 13.2 Å². The summed E-state index contributed by atoms with van der Waals surface area (Å²) in [5, 5.41) is 0. The van der Waals surface area contributed by atoms with Crippen LogP contribution < -0.4 is 10.6 Å². The Morgan fingerprint density at radius 1 is 1.00 bits per heavy atom. The highest BCUT2D eigenvalue weighted by Gasteiger charge is 2.26. The van der Waals surface area contributed by atoms with Gasteiger partial charge in [-0.1, -0.05) is 6.07 Å². The third kappa shape index (κ3) is 2.21. The van der Waals surface area contributed by atoms with Crippen molar-refractivity contribution in [1.29, 1.82) is 0 Å². The Kier molecular flexibility index (Phi) is 3.51. The Morgan fingerprint density at radius 3 is 2.27 bits per heavy atom. The van der Waals surface area contributed by atoms with E-state index in [1.165, 1.54) is 12.1 Å². The molecule has 2 aromatic carbocycles. The third-order valence-corrected chi connectivity index (χ3v) is 4.38. The maximum absolute atomic E-state index is 14.5. The van der Waals surface area contributed by atoms with Crippen LogP contribution in [-0.4, -0.2) is 6.54 Å². The van der Waals surface area contributed by atoms with Crippen molar-refractivity contribution in [3.8, 4) is 0 Å². The van der Waals surface area contributed by atoms with Crippen molar-refractivity contribution >= 4 is 11.4 Å². The van der Waals surface area contributed by atoms with Crippen LogP contribution in [0.4, 0.5) is 24.5 Å². The van der Waals surface area contributed by atoms with Gasteiger partial charge in [-0.3, -0.25) is 0 Å². The summed E-state index contributed by atoms with van der Waals surface area (Å²) < 4.78 is 42.3. The summed E-state index contributed by atoms with van der Waals surface area (Å²) in [5.74, 6) is -1.53. The fourth-order valence-electron chi connectivity index (χ4n) is 2.96. The molecular weight excluding hydrogens is 289 g/mol. The van der Waals surface area contributed by atoms with Crippen molar-refractivity contribution in [3.63, 3.8) is 0 Å². The molecule has 0 aliphatic carbocycles. The van der Waals surface area contributed by atoms with Gasteiger partial charge in [-0.05, 0) is 43.5 Å². The molecule has 0 fully saturated rings. The van der Waals surface area contributed by atoms with Gasteiger partial charge in [0.05, 0.1) is 0 Å². The van der Waals surface area contributed by atoms with Gasteiger partial charge in [-0.15, -0.1) is 0 Å². The summed E-state index contributed by atoms with van der Waals surface area (Å²) >= 11 is 0. The van der Waals surface area contributed by atoms with E-state index in [9.17, 15) is 13.2 Å². The monoisotopic (exact) mass is 306 g/mol. The first kappa shape index (κ1) is 14.8. The maximum Gasteiger partial charge on any atom is 0.154 e. The second kappa shape index (κ2) is 5.23. The zero-order valence-electron chi connectivity index (χ0n) is 12.5. The predicted molar refractivity (Wildman–Crippen MR) is 81.4 cm³/mol. The van der Waals surface area contributed by atoms with Crippen molar-refractivity contribution in [1.82, 2.24) is 0 Å². The van der Waals surface area contributed by atoms with Crippen molar-refractivity contribution in [2.45, 2.75) is 26.8 Å². The van der Waals surface area contributed by atoms with Gasteiger partial charge in [0.25, 0.3) is 0 Å². The highest BCUT2D eigenvalue weighted by atomic mass is 19.1. The summed E-state index contributed by atoms with van der Waals surface area (Å²) in [6.45, 7) is 3.89. The molecule has 0 bridgehead atoms. The molecule has 0 atom stereocenters. The largest absolute Gasteiger partial charge is 0.398 e. The average Bonchev–Trinajstić information content (AvgIpc) is 2.51. The zero-order valence-corrected chi connectivity index (χ0v) is 12.5. The third-order valence-electron chi connectivity index (χ3n) is 4.38. The number of benzene rings is 2. The lowest BCUT2D eigenvalue weighted by atomic mass is 9.98. The van der Waals surface area contributed by atoms with E-state index in [1.54, 1.807) is 24.8 Å². The van der Waals surface area contributed by atoms with E-state index in [2.05, 4.69) is 0 Å². The van der Waals surface area contributed by atoms with Crippen LogP contribution in [0.2, 0.25) is 0 Å². The van der Waals surface area contributed by atoms with Gasteiger partial charge < -0.3 is 10.6 Å². The van der Waals surface area contributed by atoms with Crippen LogP contribution in [0.3, 0.4) is 0 Å². The van der Waals surface area contributed by atoms with E-state index in [-0.39, 0.29) is 28.3 Å². The first-order valence-corrected chi connectivity index (χ1v) is 7.16. The fraction of sp³-hybridized carbons (Fsp3) is 0.294. The molecule has 0 aromatic heterocycles. The summed E-state index contributed by atoms with van der Waals surface area (Å²) in [6.07, 6.45) is 0.550. The molecule has 0 unspecified atom stereocenters. The van der Waals surface area contributed by atoms with Crippen molar-refractivity contribution in [2.24, 2.45) is 0 Å². The average molecular weight is 306 g/mol. The molecule has 0 saturated carbocycles. The van der Waals surface area contributed by atoms with Crippen LogP contribution in [0.25, 0.3) is 0 Å². The minimum atomic E-state index is -0.619. The molecule has 0 saturated heterocycles. The van der Waals surface area contributed by atoms with Gasteiger partial charge in [0.1, 0.15) is 11.5 Å². The molecule has 3 rings (SSSR count). The summed E-state index contributed by atoms with van der Waals surface area (Å²) in [5.41, 5.74) is 8.15. The smallest absolute Gasteiger partial charge is 0.154 e. The van der Waals surface area contributed by atoms with Gasteiger partial charge in [0, 0.05) is 29.9 Å². The number of hydrogen-bond donors (Lipinski definition) is 1. The number of halogens is 3. The topological polar surface area (TPSA) is 29.3 Å². The maximum atomic E-state index is 14.5. The first-order valence-electron chi connectivity index (χ1n) is 7.16. The van der Waals surface area contributed by atoms with Crippen LogP contribution in [0.15, 0.2) is 18.2 Å². The Balaban J connectivity index is 2.05. The molecule has 116 valence electrons. The first-order chi connectivity index (χ1) is 10.4. The predicted octanol–water partition coefficient (Wildman–Crippen LogP) is 3.87. The van der Waals surface area contributed by atoms with E-state index in [4.69, 9.17) is 5.73 Å². The molecule has 5 heteroatoms. The van der Waals surface area contributed by atoms with Gasteiger partial charge in [0.2, 0.25) is 0 Å². The number of rotatable bonds is 1. The van der Waals surface area contributed by atoms with Crippen LogP contribution in [-0.2, 0) is 13.0 Å². The lowest BCUT2D eigenvalue weighted by molar-refractivity contribution is 0.554. The van der Waals surface area contributed by atoms with Gasteiger partial charge in [-0.2, -0.15) is 0 Å². The van der Waals surface area contributed by atoms with E-state index in [0.717, 1.165) is 11.1 Å². The van der Waals surface area contributed by atoms with Crippen molar-refractivity contribution in [2.75, 3.05) is 17.2 Å². The van der Waals surface area contributed by atoms with Crippen LogP contribution in [0.5, 0.6) is 0 Å². The van der Waals surface area contributed by atoms with Crippen molar-refractivity contribution in [3.05, 3.63) is 57.9 Å². The number of fused-ring (bicyclic) bond motifs is 1. The molecule has 2 aromatic rings. The number of nitrogens with zero attached hydrogens (tertiary/aromatic N) is 1. The highest BCUT2D eigenvalue weighted by Crippen LogP contribution is 2.35. The minimum absolute atomic E-state index is 0.0424. The molecule has 2 N–H and O–H groups in total. The van der Waals surface area contributed by atoms with E-state index < -0.39 is 11.6 Å². The Hall–Kier alpha value is -2.17. The molecule has 22 heavy (non-hydrogen) atoms. The molecule has 1 heterocycles. The van der Waals surface area contributed by atoms with Crippen LogP contribution in [0.1, 0.15) is 22.3 Å². The lowest BCUT2D eigenvalue weighted by Crippen LogP contribution is -2.32. The normalized spacial score (nSPS) is 14.1. The van der Waals surface area contributed by atoms with Crippen LogP contribution >= 0.6 is 0 Å².